The minimum Gasteiger partial charge on any atom is -0.325 e. The molecular formula is C11H13N5OS. The molecule has 0 bridgehead atoms. The molecule has 6 nitrogen and oxygen atoms in total. The number of hydrogen-bond donors (Lipinski definition) is 3. The molecule has 0 aliphatic carbocycles. The lowest BCUT2D eigenvalue weighted by Gasteiger charge is -2.07. The molecule has 4 N–H and O–H groups in total. The van der Waals surface area contributed by atoms with Gasteiger partial charge in [-0.25, -0.2) is 4.98 Å². The van der Waals surface area contributed by atoms with Crippen LogP contribution in [0.1, 0.15) is 6.92 Å². The molecule has 2 rings (SSSR count). The zero-order valence-corrected chi connectivity index (χ0v) is 10.6. The summed E-state index contributed by atoms with van der Waals surface area (Å²) in [6.45, 7) is 1.64. The summed E-state index contributed by atoms with van der Waals surface area (Å²) < 4.78 is 0. The highest BCUT2D eigenvalue weighted by atomic mass is 32.2. The Morgan fingerprint density at radius 3 is 2.72 bits per heavy atom. The third-order valence-corrected chi connectivity index (χ3v) is 3.04. The van der Waals surface area contributed by atoms with E-state index in [0.717, 1.165) is 15.7 Å². The average Bonchev–Trinajstić information content (AvgIpc) is 2.84. The van der Waals surface area contributed by atoms with Gasteiger partial charge in [0.1, 0.15) is 6.33 Å². The van der Waals surface area contributed by atoms with Crippen molar-refractivity contribution in [2.24, 2.45) is 5.73 Å². The van der Waals surface area contributed by atoms with Gasteiger partial charge < -0.3 is 11.1 Å². The Morgan fingerprint density at radius 2 is 2.17 bits per heavy atom. The van der Waals surface area contributed by atoms with E-state index in [1.54, 1.807) is 6.92 Å². The molecule has 1 aromatic carbocycles. The second kappa shape index (κ2) is 5.65. The van der Waals surface area contributed by atoms with Crippen LogP contribution in [0.5, 0.6) is 0 Å². The number of nitrogens with one attached hydrogen (secondary N) is 2. The number of rotatable bonds is 4. The van der Waals surface area contributed by atoms with Crippen molar-refractivity contribution < 1.29 is 4.79 Å². The van der Waals surface area contributed by atoms with Gasteiger partial charge in [-0.05, 0) is 31.2 Å². The molecular weight excluding hydrogens is 250 g/mol. The molecule has 0 saturated heterocycles. The molecule has 0 fully saturated rings. The summed E-state index contributed by atoms with van der Waals surface area (Å²) in [6, 6.07) is 6.90. The van der Waals surface area contributed by atoms with Crippen molar-refractivity contribution in [1.82, 2.24) is 15.2 Å². The summed E-state index contributed by atoms with van der Waals surface area (Å²) in [6.07, 6.45) is 1.46. The SMILES string of the molecule is C[C@@H](N)C(=O)Nc1ccc(Sc2ncn[nH]2)cc1. The van der Waals surface area contributed by atoms with Gasteiger partial charge in [0, 0.05) is 10.6 Å². The highest BCUT2D eigenvalue weighted by molar-refractivity contribution is 7.99. The van der Waals surface area contributed by atoms with Crippen molar-refractivity contribution in [3.05, 3.63) is 30.6 Å². The van der Waals surface area contributed by atoms with E-state index < -0.39 is 6.04 Å². The van der Waals surface area contributed by atoms with Crippen molar-refractivity contribution in [1.29, 1.82) is 0 Å². The maximum atomic E-state index is 11.4. The Bertz CT molecular complexity index is 509. The summed E-state index contributed by atoms with van der Waals surface area (Å²) >= 11 is 1.46. The number of carbonyl (C=O) groups is 1. The van der Waals surface area contributed by atoms with Crippen molar-refractivity contribution in [2.45, 2.75) is 23.0 Å². The van der Waals surface area contributed by atoms with E-state index in [2.05, 4.69) is 20.5 Å². The largest absolute Gasteiger partial charge is 0.325 e. The van der Waals surface area contributed by atoms with E-state index in [4.69, 9.17) is 5.73 Å². The first-order chi connectivity index (χ1) is 8.65. The van der Waals surface area contributed by atoms with Gasteiger partial charge >= 0.3 is 0 Å². The standard InChI is InChI=1S/C11H13N5OS/c1-7(12)10(17)15-8-2-4-9(5-3-8)18-11-13-6-14-16-11/h2-7H,12H2,1H3,(H,15,17)(H,13,14,16)/t7-/m1/s1. The number of amides is 1. The fourth-order valence-electron chi connectivity index (χ4n) is 1.22. The number of aromatic nitrogens is 3. The molecule has 0 radical (unpaired) electrons. The van der Waals surface area contributed by atoms with Gasteiger partial charge in [0.15, 0.2) is 5.16 Å². The fraction of sp³-hybridized carbons (Fsp3) is 0.182. The molecule has 1 atom stereocenters. The number of aromatic amines is 1. The molecule has 1 heterocycles. The lowest BCUT2D eigenvalue weighted by Crippen LogP contribution is -2.32. The first kappa shape index (κ1) is 12.6. The first-order valence-electron chi connectivity index (χ1n) is 5.35. The van der Waals surface area contributed by atoms with Crippen LogP contribution in [0.2, 0.25) is 0 Å². The van der Waals surface area contributed by atoms with Crippen LogP contribution in [-0.4, -0.2) is 27.1 Å². The zero-order chi connectivity index (χ0) is 13.0. The van der Waals surface area contributed by atoms with E-state index in [-0.39, 0.29) is 5.91 Å². The van der Waals surface area contributed by atoms with E-state index in [0.29, 0.717) is 0 Å². The number of carbonyl (C=O) groups excluding carboxylic acids is 1. The molecule has 2 aromatic rings. The maximum Gasteiger partial charge on any atom is 0.240 e. The zero-order valence-electron chi connectivity index (χ0n) is 9.75. The highest BCUT2D eigenvalue weighted by Crippen LogP contribution is 2.25. The molecule has 18 heavy (non-hydrogen) atoms. The number of H-pyrrole nitrogens is 1. The minimum absolute atomic E-state index is 0.203. The normalized spacial score (nSPS) is 12.1. The van der Waals surface area contributed by atoms with Gasteiger partial charge in [-0.15, -0.1) is 0 Å². The topological polar surface area (TPSA) is 96.7 Å². The molecule has 1 amide bonds. The van der Waals surface area contributed by atoms with Gasteiger partial charge in [-0.1, -0.05) is 11.8 Å². The number of hydrogen-bond acceptors (Lipinski definition) is 5. The van der Waals surface area contributed by atoms with Gasteiger partial charge in [-0.3, -0.25) is 9.89 Å². The van der Waals surface area contributed by atoms with Crippen LogP contribution in [0.3, 0.4) is 0 Å². The van der Waals surface area contributed by atoms with E-state index >= 15 is 0 Å². The van der Waals surface area contributed by atoms with Gasteiger partial charge in [0.25, 0.3) is 0 Å². The predicted molar refractivity (Wildman–Crippen MR) is 69.2 cm³/mol. The Kier molecular flexibility index (Phi) is 3.96. The Hall–Kier alpha value is -1.86. The average molecular weight is 263 g/mol. The lowest BCUT2D eigenvalue weighted by molar-refractivity contribution is -0.117. The van der Waals surface area contributed by atoms with E-state index in [1.165, 1.54) is 18.1 Å². The van der Waals surface area contributed by atoms with Gasteiger partial charge in [0.05, 0.1) is 6.04 Å². The maximum absolute atomic E-state index is 11.4. The summed E-state index contributed by atoms with van der Waals surface area (Å²) in [7, 11) is 0. The second-order valence-corrected chi connectivity index (χ2v) is 4.76. The van der Waals surface area contributed by atoms with Crippen LogP contribution in [0.15, 0.2) is 40.6 Å². The van der Waals surface area contributed by atoms with Crippen LogP contribution in [0.4, 0.5) is 5.69 Å². The smallest absolute Gasteiger partial charge is 0.240 e. The molecule has 0 unspecified atom stereocenters. The Balaban J connectivity index is 1.99. The molecule has 0 saturated carbocycles. The molecule has 7 heteroatoms. The van der Waals surface area contributed by atoms with Crippen molar-refractivity contribution in [3.63, 3.8) is 0 Å². The van der Waals surface area contributed by atoms with Crippen LogP contribution >= 0.6 is 11.8 Å². The van der Waals surface area contributed by atoms with E-state index in [1.807, 2.05) is 24.3 Å². The summed E-state index contributed by atoms with van der Waals surface area (Å²) in [5, 5.41) is 9.97. The van der Waals surface area contributed by atoms with Crippen molar-refractivity contribution >= 4 is 23.4 Å². The third-order valence-electron chi connectivity index (χ3n) is 2.14. The Labute approximate surface area is 108 Å². The molecule has 0 aliphatic rings. The molecule has 0 aliphatic heterocycles. The van der Waals surface area contributed by atoms with Crippen molar-refractivity contribution in [2.75, 3.05) is 5.32 Å². The summed E-state index contributed by atoms with van der Waals surface area (Å²) in [5.74, 6) is -0.203. The summed E-state index contributed by atoms with van der Waals surface area (Å²) in [4.78, 5) is 16.4. The van der Waals surface area contributed by atoms with Gasteiger partial charge in [-0.2, -0.15) is 5.10 Å². The van der Waals surface area contributed by atoms with Crippen LogP contribution in [0, 0.1) is 0 Å². The van der Waals surface area contributed by atoms with Crippen LogP contribution < -0.4 is 11.1 Å². The quantitative estimate of drug-likeness (QED) is 0.771. The molecule has 1 aromatic heterocycles. The summed E-state index contributed by atoms with van der Waals surface area (Å²) in [5.41, 5.74) is 6.19. The number of benzene rings is 1. The van der Waals surface area contributed by atoms with Crippen molar-refractivity contribution in [3.8, 4) is 0 Å². The number of anilines is 1. The molecule has 0 spiro atoms. The first-order valence-corrected chi connectivity index (χ1v) is 6.16. The minimum atomic E-state index is -0.520. The predicted octanol–water partition coefficient (Wildman–Crippen LogP) is 1.24. The monoisotopic (exact) mass is 263 g/mol. The second-order valence-electron chi connectivity index (χ2n) is 3.69. The molecule has 94 valence electrons. The number of nitrogens with zero attached hydrogens (tertiary/aromatic N) is 2. The number of nitrogens with two attached hydrogens (primary N) is 1. The van der Waals surface area contributed by atoms with E-state index in [9.17, 15) is 4.79 Å². The van der Waals surface area contributed by atoms with Crippen LogP contribution in [-0.2, 0) is 4.79 Å². The van der Waals surface area contributed by atoms with Crippen LogP contribution in [0.25, 0.3) is 0 Å². The fourth-order valence-corrected chi connectivity index (χ4v) is 1.91. The third kappa shape index (κ3) is 3.31. The lowest BCUT2D eigenvalue weighted by atomic mass is 10.3. The Morgan fingerprint density at radius 1 is 1.44 bits per heavy atom. The highest BCUT2D eigenvalue weighted by Gasteiger charge is 2.07. The van der Waals surface area contributed by atoms with Gasteiger partial charge in [0.2, 0.25) is 5.91 Å².